The summed E-state index contributed by atoms with van der Waals surface area (Å²) >= 11 is 5.85. The molecule has 1 saturated carbocycles. The third-order valence-electron chi connectivity index (χ3n) is 7.26. The van der Waals surface area contributed by atoms with Crippen molar-refractivity contribution in [2.24, 2.45) is 5.92 Å². The Labute approximate surface area is 225 Å². The second-order valence-corrected chi connectivity index (χ2v) is 10.1. The number of halogens is 5. The molecule has 1 atom stereocenters. The number of hydrogen-bond acceptors (Lipinski definition) is 5. The first kappa shape index (κ1) is 27.0. The van der Waals surface area contributed by atoms with E-state index in [1.54, 1.807) is 0 Å². The minimum Gasteiger partial charge on any atom is -0.370 e. The molecule has 1 aromatic carbocycles. The van der Waals surface area contributed by atoms with Crippen LogP contribution in [0.2, 0.25) is 5.02 Å². The molecule has 1 fully saturated rings. The number of amides is 2. The molecule has 3 heterocycles. The highest BCUT2D eigenvalue weighted by Gasteiger charge is 2.54. The maximum Gasteiger partial charge on any atom is 0.281 e. The van der Waals surface area contributed by atoms with Crippen LogP contribution in [-0.4, -0.2) is 39.5 Å². The normalized spacial score (nSPS) is 22.7. The van der Waals surface area contributed by atoms with Gasteiger partial charge in [0.2, 0.25) is 5.60 Å². The van der Waals surface area contributed by atoms with Gasteiger partial charge in [0.05, 0.1) is 33.7 Å². The summed E-state index contributed by atoms with van der Waals surface area (Å²) < 4.78 is 55.0. The van der Waals surface area contributed by atoms with Crippen LogP contribution in [0.3, 0.4) is 0 Å². The van der Waals surface area contributed by atoms with Gasteiger partial charge in [-0.15, -0.1) is 0 Å². The van der Waals surface area contributed by atoms with Crippen molar-refractivity contribution in [3.05, 3.63) is 88.0 Å². The number of carbonyl (C=O) groups excluding carboxylic acids is 2. The zero-order valence-corrected chi connectivity index (χ0v) is 21.1. The molecule has 39 heavy (non-hydrogen) atoms. The molecule has 5 rings (SSSR count). The standard InChI is InChI=1S/C27H23ClF4N4O3/c28-15-10-18(23(24(31)32)34-11-15)25(37)35-17-7-4-14(5-8-17)13-36-20-3-1-2-19(30)22(20)27(39,26(36)38)21-9-6-16(29)12-33-21/h1-3,6,9-12,14,17,24,39H,4-5,7-8,13H2,(H,35,37). The van der Waals surface area contributed by atoms with E-state index in [0.717, 1.165) is 36.7 Å². The summed E-state index contributed by atoms with van der Waals surface area (Å²) in [6.07, 6.45) is 1.13. The number of carbonyl (C=O) groups is 2. The van der Waals surface area contributed by atoms with Crippen LogP contribution in [0.1, 0.15) is 59.4 Å². The molecule has 1 aliphatic carbocycles. The third kappa shape index (κ3) is 4.96. The Morgan fingerprint density at radius 1 is 1.13 bits per heavy atom. The summed E-state index contributed by atoms with van der Waals surface area (Å²) in [6.45, 7) is 0.174. The summed E-state index contributed by atoms with van der Waals surface area (Å²) in [7, 11) is 0. The predicted molar refractivity (Wildman–Crippen MR) is 133 cm³/mol. The van der Waals surface area contributed by atoms with Crippen molar-refractivity contribution >= 4 is 29.1 Å². The Morgan fingerprint density at radius 2 is 1.87 bits per heavy atom. The minimum atomic E-state index is -2.94. The van der Waals surface area contributed by atoms with Gasteiger partial charge in [-0.1, -0.05) is 17.7 Å². The Kier molecular flexibility index (Phi) is 7.30. The summed E-state index contributed by atoms with van der Waals surface area (Å²) in [6, 6.07) is 7.15. The molecule has 0 bridgehead atoms. The van der Waals surface area contributed by atoms with E-state index < -0.39 is 41.2 Å². The first-order chi connectivity index (χ1) is 18.6. The van der Waals surface area contributed by atoms with Gasteiger partial charge in [0.25, 0.3) is 18.2 Å². The number of nitrogens with zero attached hydrogens (tertiary/aromatic N) is 3. The SMILES string of the molecule is O=C(NC1CCC(CN2C(=O)C(O)(c3ccc(F)cn3)c3c(F)cccc32)CC1)c1cc(Cl)cnc1C(F)F. The van der Waals surface area contributed by atoms with Gasteiger partial charge in [-0.05, 0) is 61.9 Å². The molecular formula is C27H23ClF4N4O3. The highest BCUT2D eigenvalue weighted by atomic mass is 35.5. The van der Waals surface area contributed by atoms with Crippen molar-refractivity contribution in [1.29, 1.82) is 0 Å². The number of benzene rings is 1. The predicted octanol–water partition coefficient (Wildman–Crippen LogP) is 4.92. The van der Waals surface area contributed by atoms with Gasteiger partial charge < -0.3 is 15.3 Å². The molecule has 7 nitrogen and oxygen atoms in total. The van der Waals surface area contributed by atoms with E-state index in [2.05, 4.69) is 15.3 Å². The van der Waals surface area contributed by atoms with Crippen molar-refractivity contribution in [2.45, 2.75) is 43.8 Å². The van der Waals surface area contributed by atoms with E-state index in [-0.39, 0.29) is 46.0 Å². The average molecular weight is 563 g/mol. The molecule has 2 aliphatic rings. The van der Waals surface area contributed by atoms with Crippen molar-refractivity contribution < 1.29 is 32.3 Å². The summed E-state index contributed by atoms with van der Waals surface area (Å²) in [5, 5.41) is 14.3. The van der Waals surface area contributed by atoms with Crippen molar-refractivity contribution in [2.75, 3.05) is 11.4 Å². The number of fused-ring (bicyclic) bond motifs is 1. The molecule has 0 radical (unpaired) electrons. The smallest absolute Gasteiger partial charge is 0.281 e. The van der Waals surface area contributed by atoms with Gasteiger partial charge in [0.1, 0.15) is 17.3 Å². The molecule has 2 N–H and O–H groups in total. The molecular weight excluding hydrogens is 540 g/mol. The van der Waals surface area contributed by atoms with E-state index in [9.17, 15) is 32.3 Å². The average Bonchev–Trinajstić information content (AvgIpc) is 3.13. The number of aromatic nitrogens is 2. The fraction of sp³-hybridized carbons (Fsp3) is 0.333. The van der Waals surface area contributed by atoms with Crippen LogP contribution < -0.4 is 10.2 Å². The molecule has 1 unspecified atom stereocenters. The first-order valence-electron chi connectivity index (χ1n) is 12.3. The topological polar surface area (TPSA) is 95.4 Å². The lowest BCUT2D eigenvalue weighted by Crippen LogP contribution is -2.45. The highest BCUT2D eigenvalue weighted by Crippen LogP contribution is 2.46. The lowest BCUT2D eigenvalue weighted by atomic mass is 9.85. The quantitative estimate of drug-likeness (QED) is 0.416. The van der Waals surface area contributed by atoms with E-state index >= 15 is 0 Å². The number of hydrogen-bond donors (Lipinski definition) is 2. The number of rotatable bonds is 6. The maximum atomic E-state index is 15.0. The van der Waals surface area contributed by atoms with Crippen LogP contribution in [0, 0.1) is 17.6 Å². The van der Waals surface area contributed by atoms with Crippen LogP contribution in [-0.2, 0) is 10.4 Å². The van der Waals surface area contributed by atoms with Crippen molar-refractivity contribution in [3.63, 3.8) is 0 Å². The summed E-state index contributed by atoms with van der Waals surface area (Å²) in [4.78, 5) is 35.0. The van der Waals surface area contributed by atoms with Crippen molar-refractivity contribution in [3.8, 4) is 0 Å². The zero-order chi connectivity index (χ0) is 27.9. The van der Waals surface area contributed by atoms with Gasteiger partial charge >= 0.3 is 0 Å². The largest absolute Gasteiger partial charge is 0.370 e. The summed E-state index contributed by atoms with van der Waals surface area (Å²) in [5.41, 5.74) is -3.56. The molecule has 12 heteroatoms. The Hall–Kier alpha value is -3.57. The number of pyridine rings is 2. The van der Waals surface area contributed by atoms with E-state index in [1.807, 2.05) is 0 Å². The minimum absolute atomic E-state index is 0.0498. The molecule has 2 aromatic heterocycles. The highest BCUT2D eigenvalue weighted by molar-refractivity contribution is 6.30. The van der Waals surface area contributed by atoms with Gasteiger partial charge in [-0.25, -0.2) is 17.6 Å². The van der Waals surface area contributed by atoms with Gasteiger partial charge in [0.15, 0.2) is 0 Å². The van der Waals surface area contributed by atoms with Crippen LogP contribution in [0.5, 0.6) is 0 Å². The second kappa shape index (κ2) is 10.5. The molecule has 0 saturated heterocycles. The van der Waals surface area contributed by atoms with E-state index in [1.165, 1.54) is 17.0 Å². The summed E-state index contributed by atoms with van der Waals surface area (Å²) in [5.74, 6) is -2.99. The maximum absolute atomic E-state index is 15.0. The van der Waals surface area contributed by atoms with Gasteiger partial charge in [-0.2, -0.15) is 0 Å². The lowest BCUT2D eigenvalue weighted by molar-refractivity contribution is -0.132. The van der Waals surface area contributed by atoms with Gasteiger partial charge in [-0.3, -0.25) is 19.6 Å². The van der Waals surface area contributed by atoms with Crippen molar-refractivity contribution in [1.82, 2.24) is 15.3 Å². The zero-order valence-electron chi connectivity index (χ0n) is 20.4. The Balaban J connectivity index is 1.29. The fourth-order valence-corrected chi connectivity index (χ4v) is 5.49. The fourth-order valence-electron chi connectivity index (χ4n) is 5.33. The van der Waals surface area contributed by atoms with Crippen LogP contribution in [0.25, 0.3) is 0 Å². The molecule has 204 valence electrons. The molecule has 3 aromatic rings. The number of anilines is 1. The van der Waals surface area contributed by atoms with Gasteiger partial charge in [0, 0.05) is 18.8 Å². The lowest BCUT2D eigenvalue weighted by Gasteiger charge is -2.32. The Morgan fingerprint density at radius 3 is 2.54 bits per heavy atom. The monoisotopic (exact) mass is 562 g/mol. The number of alkyl halides is 2. The first-order valence-corrected chi connectivity index (χ1v) is 12.7. The second-order valence-electron chi connectivity index (χ2n) is 9.70. The number of aliphatic hydroxyl groups is 1. The molecule has 0 spiro atoms. The van der Waals surface area contributed by atoms with E-state index in [4.69, 9.17) is 11.6 Å². The third-order valence-corrected chi connectivity index (χ3v) is 7.46. The van der Waals surface area contributed by atoms with Crippen LogP contribution >= 0.6 is 11.6 Å². The number of nitrogens with one attached hydrogen (secondary N) is 1. The molecule has 1 aliphatic heterocycles. The Bertz CT molecular complexity index is 1420. The van der Waals surface area contributed by atoms with Crippen LogP contribution in [0.4, 0.5) is 23.2 Å². The van der Waals surface area contributed by atoms with E-state index in [0.29, 0.717) is 25.7 Å². The molecule has 2 amide bonds. The van der Waals surface area contributed by atoms with Crippen LogP contribution in [0.15, 0.2) is 48.8 Å².